The van der Waals surface area contributed by atoms with Crippen LogP contribution in [0.25, 0.3) is 0 Å². The van der Waals surface area contributed by atoms with Crippen LogP contribution in [-0.2, 0) is 13.1 Å². The first kappa shape index (κ1) is 23.4. The van der Waals surface area contributed by atoms with Gasteiger partial charge in [0.15, 0.2) is 17.6 Å². The summed E-state index contributed by atoms with van der Waals surface area (Å²) in [6.45, 7) is 10.1. The van der Waals surface area contributed by atoms with Crippen molar-refractivity contribution in [3.05, 3.63) is 42.4 Å². The highest BCUT2D eigenvalue weighted by Gasteiger charge is 2.26. The fraction of sp³-hybridized carbons (Fsp3) is 0.550. The lowest BCUT2D eigenvalue weighted by Gasteiger charge is -2.20. The Labute approximate surface area is 189 Å². The van der Waals surface area contributed by atoms with E-state index >= 15 is 0 Å². The molecular weight excluding hydrogens is 484 g/mol. The Morgan fingerprint density at radius 1 is 1.34 bits per heavy atom. The quantitative estimate of drug-likeness (QED) is 0.337. The molecule has 160 valence electrons. The third-order valence-corrected chi connectivity index (χ3v) is 4.65. The van der Waals surface area contributed by atoms with Crippen LogP contribution in [0, 0.1) is 11.7 Å². The Balaban J connectivity index is 0.00000300. The van der Waals surface area contributed by atoms with E-state index in [0.29, 0.717) is 24.8 Å². The summed E-state index contributed by atoms with van der Waals surface area (Å²) in [5.41, 5.74) is 0. The zero-order valence-electron chi connectivity index (χ0n) is 17.3. The normalized spacial score (nSPS) is 16.8. The summed E-state index contributed by atoms with van der Waals surface area (Å²) in [7, 11) is 0. The molecule has 0 amide bonds. The van der Waals surface area contributed by atoms with Crippen LogP contribution in [0.5, 0.6) is 0 Å². The second-order valence-electron chi connectivity index (χ2n) is 7.47. The molecule has 0 aromatic carbocycles. The first-order valence-corrected chi connectivity index (χ1v) is 9.97. The van der Waals surface area contributed by atoms with Crippen LogP contribution in [0.1, 0.15) is 33.0 Å². The van der Waals surface area contributed by atoms with Crippen LogP contribution in [0.2, 0.25) is 0 Å². The number of guanidine groups is 1. The molecule has 1 aliphatic rings. The van der Waals surface area contributed by atoms with Gasteiger partial charge in [-0.1, -0.05) is 13.8 Å². The third-order valence-electron chi connectivity index (χ3n) is 4.65. The maximum atomic E-state index is 14.0. The Morgan fingerprint density at radius 3 is 2.90 bits per heavy atom. The van der Waals surface area contributed by atoms with Gasteiger partial charge in [-0.3, -0.25) is 0 Å². The van der Waals surface area contributed by atoms with Crippen molar-refractivity contribution >= 4 is 35.8 Å². The van der Waals surface area contributed by atoms with E-state index in [2.05, 4.69) is 39.0 Å². The molecule has 1 fully saturated rings. The van der Waals surface area contributed by atoms with Gasteiger partial charge >= 0.3 is 0 Å². The number of rotatable bonds is 7. The van der Waals surface area contributed by atoms with Gasteiger partial charge in [-0.05, 0) is 31.4 Å². The number of hydrogen-bond acceptors (Lipinski definition) is 4. The van der Waals surface area contributed by atoms with Gasteiger partial charge in [0.2, 0.25) is 0 Å². The molecule has 9 heteroatoms. The van der Waals surface area contributed by atoms with Crippen LogP contribution in [0.15, 0.2) is 35.7 Å². The average molecular weight is 515 g/mol. The van der Waals surface area contributed by atoms with E-state index in [1.807, 2.05) is 24.2 Å². The number of anilines is 1. The van der Waals surface area contributed by atoms with Crippen LogP contribution in [-0.4, -0.2) is 46.2 Å². The fourth-order valence-electron chi connectivity index (χ4n) is 3.39. The van der Waals surface area contributed by atoms with Crippen molar-refractivity contribution in [3.63, 3.8) is 0 Å². The molecule has 2 aromatic heterocycles. The number of nitrogens with one attached hydrogen (secondary N) is 2. The van der Waals surface area contributed by atoms with Crippen molar-refractivity contribution in [1.82, 2.24) is 25.2 Å². The lowest BCUT2D eigenvalue weighted by atomic mass is 10.2. The van der Waals surface area contributed by atoms with Crippen LogP contribution >= 0.6 is 24.0 Å². The molecular formula is C20H31FIN7. The molecule has 0 saturated carbocycles. The molecule has 2 N–H and O–H groups in total. The van der Waals surface area contributed by atoms with Gasteiger partial charge in [0.1, 0.15) is 12.4 Å². The van der Waals surface area contributed by atoms with Crippen molar-refractivity contribution in [2.45, 2.75) is 46.3 Å². The molecule has 1 aliphatic heterocycles. The summed E-state index contributed by atoms with van der Waals surface area (Å²) < 4.78 is 16.1. The molecule has 29 heavy (non-hydrogen) atoms. The summed E-state index contributed by atoms with van der Waals surface area (Å²) >= 11 is 0. The largest absolute Gasteiger partial charge is 0.357 e. The van der Waals surface area contributed by atoms with Crippen LogP contribution in [0.4, 0.5) is 10.2 Å². The lowest BCUT2D eigenvalue weighted by Crippen LogP contribution is -2.44. The minimum absolute atomic E-state index is 0. The van der Waals surface area contributed by atoms with Crippen molar-refractivity contribution < 1.29 is 4.39 Å². The van der Waals surface area contributed by atoms with Crippen LogP contribution in [0.3, 0.4) is 0 Å². The first-order chi connectivity index (χ1) is 13.6. The van der Waals surface area contributed by atoms with E-state index < -0.39 is 0 Å². The van der Waals surface area contributed by atoms with Gasteiger partial charge in [0, 0.05) is 50.8 Å². The summed E-state index contributed by atoms with van der Waals surface area (Å²) in [6.07, 6.45) is 6.36. The smallest absolute Gasteiger partial charge is 0.191 e. The highest BCUT2D eigenvalue weighted by Crippen LogP contribution is 2.20. The molecule has 1 atom stereocenters. The summed E-state index contributed by atoms with van der Waals surface area (Å²) in [4.78, 5) is 15.3. The minimum Gasteiger partial charge on any atom is -0.357 e. The maximum Gasteiger partial charge on any atom is 0.191 e. The Morgan fingerprint density at radius 2 is 2.17 bits per heavy atom. The molecule has 1 saturated heterocycles. The van der Waals surface area contributed by atoms with E-state index in [4.69, 9.17) is 4.99 Å². The van der Waals surface area contributed by atoms with Crippen molar-refractivity contribution in [1.29, 1.82) is 0 Å². The topological polar surface area (TPSA) is 70.4 Å². The molecule has 0 spiro atoms. The van der Waals surface area contributed by atoms with Gasteiger partial charge in [-0.15, -0.1) is 24.0 Å². The standard InChI is InChI=1S/C20H30FN7.HI/c1-4-22-20(25-12-18-23-9-11-27(18)13-15(2)3)26-16-7-10-28(14-16)19-17(21)6-5-8-24-19;/h5-6,8-9,11,15-16H,4,7,10,12-14H2,1-3H3,(H2,22,25,26);1H. The Hall–Kier alpha value is -1.91. The van der Waals surface area contributed by atoms with Crippen molar-refractivity contribution in [2.24, 2.45) is 10.9 Å². The number of halogens is 2. The van der Waals surface area contributed by atoms with Gasteiger partial charge in [-0.2, -0.15) is 0 Å². The predicted octanol–water partition coefficient (Wildman–Crippen LogP) is 3.03. The van der Waals surface area contributed by atoms with E-state index in [-0.39, 0.29) is 35.8 Å². The zero-order chi connectivity index (χ0) is 19.9. The number of hydrogen-bond donors (Lipinski definition) is 2. The molecule has 0 bridgehead atoms. The van der Waals surface area contributed by atoms with Gasteiger partial charge in [0.25, 0.3) is 0 Å². The number of imidazole rings is 1. The van der Waals surface area contributed by atoms with Crippen molar-refractivity contribution in [2.75, 3.05) is 24.5 Å². The molecule has 0 aliphatic carbocycles. The summed E-state index contributed by atoms with van der Waals surface area (Å²) in [5.74, 6) is 2.41. The SMILES string of the molecule is CCNC(=NCc1nccn1CC(C)C)NC1CCN(c2ncccc2F)C1.I. The number of pyridine rings is 1. The van der Waals surface area contributed by atoms with E-state index in [9.17, 15) is 4.39 Å². The Bertz CT molecular complexity index is 793. The van der Waals surface area contributed by atoms with Gasteiger partial charge in [-0.25, -0.2) is 19.4 Å². The molecule has 3 heterocycles. The maximum absolute atomic E-state index is 14.0. The van der Waals surface area contributed by atoms with E-state index in [1.54, 1.807) is 12.3 Å². The number of aromatic nitrogens is 3. The minimum atomic E-state index is -0.277. The second-order valence-corrected chi connectivity index (χ2v) is 7.47. The second kappa shape index (κ2) is 11.3. The Kier molecular flexibility index (Phi) is 9.12. The highest BCUT2D eigenvalue weighted by atomic mass is 127. The van der Waals surface area contributed by atoms with E-state index in [0.717, 1.165) is 37.8 Å². The van der Waals surface area contributed by atoms with Gasteiger partial charge < -0.3 is 20.1 Å². The van der Waals surface area contributed by atoms with Gasteiger partial charge in [0.05, 0.1) is 0 Å². The zero-order valence-corrected chi connectivity index (χ0v) is 19.6. The molecule has 0 radical (unpaired) electrons. The fourth-order valence-corrected chi connectivity index (χ4v) is 3.39. The van der Waals surface area contributed by atoms with Crippen LogP contribution < -0.4 is 15.5 Å². The third kappa shape index (κ3) is 6.55. The molecule has 1 unspecified atom stereocenters. The molecule has 2 aromatic rings. The molecule has 3 rings (SSSR count). The molecule has 7 nitrogen and oxygen atoms in total. The predicted molar refractivity (Wildman–Crippen MR) is 125 cm³/mol. The monoisotopic (exact) mass is 515 g/mol. The number of aliphatic imine (C=N–C) groups is 1. The number of nitrogens with zero attached hydrogens (tertiary/aromatic N) is 5. The average Bonchev–Trinajstić information content (AvgIpc) is 3.29. The highest BCUT2D eigenvalue weighted by molar-refractivity contribution is 14.0. The lowest BCUT2D eigenvalue weighted by molar-refractivity contribution is 0.507. The summed E-state index contributed by atoms with van der Waals surface area (Å²) in [5, 5.41) is 6.76. The van der Waals surface area contributed by atoms with E-state index in [1.165, 1.54) is 6.07 Å². The first-order valence-electron chi connectivity index (χ1n) is 9.97. The van der Waals surface area contributed by atoms with Crippen molar-refractivity contribution in [3.8, 4) is 0 Å². The summed E-state index contributed by atoms with van der Waals surface area (Å²) in [6, 6.07) is 3.26.